The number of anilines is 1. The Bertz CT molecular complexity index is 599. The lowest BCUT2D eigenvalue weighted by molar-refractivity contribution is 0.601. The molecule has 2 N–H and O–H groups in total. The second-order valence-corrected chi connectivity index (χ2v) is 8.35. The van der Waals surface area contributed by atoms with Crippen LogP contribution in [0, 0.1) is 3.57 Å². The smallest absolute Gasteiger partial charge is 0.151 e. The Balaban J connectivity index is 1.98. The molecule has 1 unspecified atom stereocenters. The molecule has 18 heavy (non-hydrogen) atoms. The van der Waals surface area contributed by atoms with Crippen LogP contribution in [0.15, 0.2) is 0 Å². The summed E-state index contributed by atoms with van der Waals surface area (Å²) in [5.41, 5.74) is 6.93. The number of nitrogens with two attached hydrogens (primary N) is 1. The van der Waals surface area contributed by atoms with Crippen LogP contribution in [-0.2, 0) is 9.84 Å². The van der Waals surface area contributed by atoms with E-state index in [9.17, 15) is 8.42 Å². The van der Waals surface area contributed by atoms with Crippen LogP contribution >= 0.6 is 22.6 Å². The van der Waals surface area contributed by atoms with E-state index in [0.29, 0.717) is 24.0 Å². The van der Waals surface area contributed by atoms with Gasteiger partial charge in [0.2, 0.25) is 0 Å². The molecule has 1 aliphatic heterocycles. The van der Waals surface area contributed by atoms with E-state index >= 15 is 0 Å². The van der Waals surface area contributed by atoms with Gasteiger partial charge in [-0.3, -0.25) is 0 Å². The van der Waals surface area contributed by atoms with Gasteiger partial charge >= 0.3 is 0 Å². The predicted octanol–water partition coefficient (Wildman–Crippen LogP) is 1.44. The highest BCUT2D eigenvalue weighted by Gasteiger charge is 2.34. The van der Waals surface area contributed by atoms with E-state index in [0.717, 1.165) is 22.1 Å². The summed E-state index contributed by atoms with van der Waals surface area (Å²) >= 11 is 2.18. The van der Waals surface area contributed by atoms with Crippen LogP contribution in [-0.4, -0.2) is 29.9 Å². The lowest BCUT2D eigenvalue weighted by Crippen LogP contribution is -2.12. The van der Waals surface area contributed by atoms with Crippen molar-refractivity contribution in [1.82, 2.24) is 9.97 Å². The van der Waals surface area contributed by atoms with E-state index in [1.165, 1.54) is 0 Å². The number of aromatic nitrogens is 2. The molecule has 1 aliphatic carbocycles. The van der Waals surface area contributed by atoms with Crippen molar-refractivity contribution in [2.45, 2.75) is 31.1 Å². The van der Waals surface area contributed by atoms with Gasteiger partial charge in [0.1, 0.15) is 11.6 Å². The molecule has 1 atom stereocenters. The van der Waals surface area contributed by atoms with Crippen LogP contribution in [0.3, 0.4) is 0 Å². The second-order valence-electron chi connectivity index (χ2n) is 5.04. The van der Waals surface area contributed by atoms with Gasteiger partial charge in [0, 0.05) is 11.8 Å². The average molecular weight is 379 g/mol. The highest BCUT2D eigenvalue weighted by atomic mass is 127. The maximum atomic E-state index is 11.5. The van der Waals surface area contributed by atoms with Crippen LogP contribution in [0.1, 0.15) is 42.6 Å². The van der Waals surface area contributed by atoms with Gasteiger partial charge in [0.15, 0.2) is 9.84 Å². The van der Waals surface area contributed by atoms with Gasteiger partial charge in [-0.05, 0) is 41.9 Å². The minimum atomic E-state index is -2.91. The zero-order valence-corrected chi connectivity index (χ0v) is 12.7. The molecule has 0 aromatic carbocycles. The molecule has 98 valence electrons. The van der Waals surface area contributed by atoms with Crippen molar-refractivity contribution in [3.05, 3.63) is 15.1 Å². The number of nitrogen functional groups attached to an aromatic ring is 1. The standard InChI is InChI=1S/C11H14IN3O2S/c12-8-9(6-1-2-6)14-11(15-10(8)13)7-3-4-18(16,17)5-7/h6-7H,1-5H2,(H2,13,14,15). The highest BCUT2D eigenvalue weighted by Crippen LogP contribution is 2.42. The maximum Gasteiger partial charge on any atom is 0.151 e. The Morgan fingerprint density at radius 3 is 2.44 bits per heavy atom. The number of hydrogen-bond acceptors (Lipinski definition) is 5. The summed E-state index contributed by atoms with van der Waals surface area (Å²) in [5.74, 6) is 1.94. The van der Waals surface area contributed by atoms with Crippen LogP contribution in [0.25, 0.3) is 0 Å². The van der Waals surface area contributed by atoms with Crippen molar-refractivity contribution in [3.63, 3.8) is 0 Å². The van der Waals surface area contributed by atoms with Crippen LogP contribution in [0.4, 0.5) is 5.82 Å². The lowest BCUT2D eigenvalue weighted by atomic mass is 10.1. The molecule has 3 rings (SSSR count). The topological polar surface area (TPSA) is 85.9 Å². The van der Waals surface area contributed by atoms with Crippen molar-refractivity contribution in [3.8, 4) is 0 Å². The summed E-state index contributed by atoms with van der Waals surface area (Å²) in [7, 11) is -2.91. The Labute approximate surface area is 120 Å². The number of nitrogens with zero attached hydrogens (tertiary/aromatic N) is 2. The SMILES string of the molecule is Nc1nc(C2CCS(=O)(=O)C2)nc(C2CC2)c1I. The van der Waals surface area contributed by atoms with E-state index in [1.54, 1.807) is 0 Å². The molecule has 1 saturated heterocycles. The molecule has 1 aromatic rings. The summed E-state index contributed by atoms with van der Waals surface area (Å²) < 4.78 is 23.9. The fraction of sp³-hybridized carbons (Fsp3) is 0.636. The Kier molecular flexibility index (Phi) is 3.00. The molecular formula is C11H14IN3O2S. The lowest BCUT2D eigenvalue weighted by Gasteiger charge is -2.11. The van der Waals surface area contributed by atoms with Gasteiger partial charge in [-0.1, -0.05) is 0 Å². The third kappa shape index (κ3) is 2.34. The van der Waals surface area contributed by atoms with Gasteiger partial charge in [-0.2, -0.15) is 0 Å². The molecule has 5 nitrogen and oxygen atoms in total. The average Bonchev–Trinajstić information content (AvgIpc) is 3.07. The first-order valence-corrected chi connectivity index (χ1v) is 8.89. The van der Waals surface area contributed by atoms with Gasteiger partial charge in [0.05, 0.1) is 20.8 Å². The third-order valence-electron chi connectivity index (χ3n) is 3.48. The number of hydrogen-bond donors (Lipinski definition) is 1. The zero-order chi connectivity index (χ0) is 12.9. The molecule has 0 bridgehead atoms. The number of rotatable bonds is 2. The van der Waals surface area contributed by atoms with E-state index in [1.807, 2.05) is 0 Å². The van der Waals surface area contributed by atoms with Crippen molar-refractivity contribution < 1.29 is 8.42 Å². The zero-order valence-electron chi connectivity index (χ0n) is 9.76. The summed E-state index contributed by atoms with van der Waals surface area (Å²) in [6.07, 6.45) is 2.91. The molecule has 0 spiro atoms. The quantitative estimate of drug-likeness (QED) is 0.786. The van der Waals surface area contributed by atoms with E-state index in [-0.39, 0.29) is 17.4 Å². The monoisotopic (exact) mass is 379 g/mol. The maximum absolute atomic E-state index is 11.5. The first-order valence-electron chi connectivity index (χ1n) is 5.99. The number of sulfone groups is 1. The van der Waals surface area contributed by atoms with E-state index in [2.05, 4.69) is 32.6 Å². The minimum Gasteiger partial charge on any atom is -0.383 e. The molecule has 1 aromatic heterocycles. The van der Waals surface area contributed by atoms with E-state index < -0.39 is 9.84 Å². The van der Waals surface area contributed by atoms with Crippen LogP contribution in [0.2, 0.25) is 0 Å². The second kappa shape index (κ2) is 4.29. The Hall–Kier alpha value is -0.440. The molecule has 0 radical (unpaired) electrons. The number of halogens is 1. The molecule has 7 heteroatoms. The minimum absolute atomic E-state index is 0.0770. The van der Waals surface area contributed by atoms with Crippen molar-refractivity contribution in [2.24, 2.45) is 0 Å². The van der Waals surface area contributed by atoms with Crippen molar-refractivity contribution >= 4 is 38.2 Å². The van der Waals surface area contributed by atoms with Gasteiger partial charge in [-0.15, -0.1) is 0 Å². The van der Waals surface area contributed by atoms with Gasteiger partial charge < -0.3 is 5.73 Å². The van der Waals surface area contributed by atoms with Gasteiger partial charge in [-0.25, -0.2) is 18.4 Å². The molecule has 2 fully saturated rings. The molecule has 2 aliphatic rings. The Morgan fingerprint density at radius 1 is 1.17 bits per heavy atom. The molecule has 2 heterocycles. The normalized spacial score (nSPS) is 26.4. The molecule has 0 amide bonds. The summed E-state index contributed by atoms with van der Waals surface area (Å²) in [6.45, 7) is 0. The van der Waals surface area contributed by atoms with E-state index in [4.69, 9.17) is 5.73 Å². The molecule has 1 saturated carbocycles. The van der Waals surface area contributed by atoms with Gasteiger partial charge in [0.25, 0.3) is 0 Å². The predicted molar refractivity (Wildman–Crippen MR) is 77.1 cm³/mol. The van der Waals surface area contributed by atoms with Crippen molar-refractivity contribution in [2.75, 3.05) is 17.2 Å². The summed E-state index contributed by atoms with van der Waals surface area (Å²) in [6, 6.07) is 0. The summed E-state index contributed by atoms with van der Waals surface area (Å²) in [4.78, 5) is 8.87. The molecular weight excluding hydrogens is 365 g/mol. The first-order chi connectivity index (χ1) is 8.46. The largest absolute Gasteiger partial charge is 0.383 e. The fourth-order valence-corrected chi connectivity index (χ4v) is 4.73. The first kappa shape index (κ1) is 12.6. The van der Waals surface area contributed by atoms with Crippen molar-refractivity contribution in [1.29, 1.82) is 0 Å². The van der Waals surface area contributed by atoms with Crippen LogP contribution in [0.5, 0.6) is 0 Å². The fourth-order valence-electron chi connectivity index (χ4n) is 2.31. The highest BCUT2D eigenvalue weighted by molar-refractivity contribution is 14.1. The summed E-state index contributed by atoms with van der Waals surface area (Å²) in [5, 5.41) is 0. The third-order valence-corrected chi connectivity index (χ3v) is 6.35. The Morgan fingerprint density at radius 2 is 1.89 bits per heavy atom. The van der Waals surface area contributed by atoms with Crippen LogP contribution < -0.4 is 5.73 Å².